The fourth-order valence-electron chi connectivity index (χ4n) is 2.12. The highest BCUT2D eigenvalue weighted by molar-refractivity contribution is 9.10. The Bertz CT molecular complexity index is 866. The molecular weight excluding hydrogens is 377 g/mol. The number of halogens is 2. The molecule has 0 spiro atoms. The van der Waals surface area contributed by atoms with Crippen LogP contribution in [0.15, 0.2) is 57.5 Å². The second-order valence-corrected chi connectivity index (χ2v) is 5.92. The third kappa shape index (κ3) is 3.86. The van der Waals surface area contributed by atoms with E-state index in [9.17, 15) is 9.18 Å². The molecule has 0 fully saturated rings. The Hall–Kier alpha value is -2.54. The van der Waals surface area contributed by atoms with Crippen LogP contribution in [0.3, 0.4) is 0 Å². The number of nitrogens with one attached hydrogen (secondary N) is 1. The topological polar surface area (TPSA) is 68.0 Å². The highest BCUT2D eigenvalue weighted by Crippen LogP contribution is 2.19. The zero-order valence-corrected chi connectivity index (χ0v) is 14.1. The summed E-state index contributed by atoms with van der Waals surface area (Å²) < 4.78 is 19.6. The van der Waals surface area contributed by atoms with Gasteiger partial charge >= 0.3 is 0 Å². The van der Waals surface area contributed by atoms with Crippen molar-refractivity contribution in [3.05, 3.63) is 70.3 Å². The molecule has 3 rings (SSSR count). The third-order valence-electron chi connectivity index (χ3n) is 3.29. The summed E-state index contributed by atoms with van der Waals surface area (Å²) in [4.78, 5) is 16.2. The number of benzene rings is 2. The minimum Gasteiger partial charge on any atom is -0.352 e. The van der Waals surface area contributed by atoms with Crippen LogP contribution in [0, 0.1) is 5.82 Å². The normalized spacial score (nSPS) is 10.6. The first-order valence-electron chi connectivity index (χ1n) is 7.25. The largest absolute Gasteiger partial charge is 0.352 e. The van der Waals surface area contributed by atoms with Crippen molar-refractivity contribution in [2.24, 2.45) is 0 Å². The SMILES string of the molecule is O=C(NCCc1nc(-c2ccccc2F)no1)c1cccc(Br)c1. The van der Waals surface area contributed by atoms with Gasteiger partial charge in [0.25, 0.3) is 5.91 Å². The second-order valence-electron chi connectivity index (χ2n) is 5.01. The van der Waals surface area contributed by atoms with Gasteiger partial charge in [0.2, 0.25) is 11.7 Å². The van der Waals surface area contributed by atoms with E-state index in [0.29, 0.717) is 24.4 Å². The molecule has 0 aliphatic rings. The van der Waals surface area contributed by atoms with Crippen molar-refractivity contribution in [3.8, 4) is 11.4 Å². The number of aromatic nitrogens is 2. The lowest BCUT2D eigenvalue weighted by Crippen LogP contribution is -2.25. The summed E-state index contributed by atoms with van der Waals surface area (Å²) in [6, 6.07) is 13.3. The van der Waals surface area contributed by atoms with E-state index in [0.717, 1.165) is 4.47 Å². The van der Waals surface area contributed by atoms with E-state index < -0.39 is 5.82 Å². The summed E-state index contributed by atoms with van der Waals surface area (Å²) in [5.41, 5.74) is 0.840. The molecule has 0 radical (unpaired) electrons. The Labute approximate surface area is 146 Å². The standard InChI is InChI=1S/C17H13BrFN3O2/c18-12-5-3-4-11(10-12)17(23)20-9-8-15-21-16(22-24-15)13-6-1-2-7-14(13)19/h1-7,10H,8-9H2,(H,20,23). The highest BCUT2D eigenvalue weighted by Gasteiger charge is 2.12. The van der Waals surface area contributed by atoms with Crippen molar-refractivity contribution in [1.29, 1.82) is 0 Å². The predicted octanol–water partition coefficient (Wildman–Crippen LogP) is 3.61. The molecule has 0 unspecified atom stereocenters. The summed E-state index contributed by atoms with van der Waals surface area (Å²) in [6.45, 7) is 0.338. The van der Waals surface area contributed by atoms with E-state index in [1.165, 1.54) is 6.07 Å². The van der Waals surface area contributed by atoms with Gasteiger partial charge in [-0.25, -0.2) is 4.39 Å². The van der Waals surface area contributed by atoms with Gasteiger partial charge in [0, 0.05) is 23.0 Å². The van der Waals surface area contributed by atoms with Crippen molar-refractivity contribution in [2.75, 3.05) is 6.54 Å². The smallest absolute Gasteiger partial charge is 0.251 e. The van der Waals surface area contributed by atoms with Crippen LogP contribution in [0.4, 0.5) is 4.39 Å². The van der Waals surface area contributed by atoms with Crippen LogP contribution in [0.25, 0.3) is 11.4 Å². The van der Waals surface area contributed by atoms with Gasteiger partial charge in [-0.1, -0.05) is 39.3 Å². The molecule has 1 aromatic heterocycles. The first kappa shape index (κ1) is 16.3. The van der Waals surface area contributed by atoms with E-state index in [1.54, 1.807) is 36.4 Å². The first-order valence-corrected chi connectivity index (χ1v) is 8.04. The summed E-state index contributed by atoms with van der Waals surface area (Å²) in [5, 5.41) is 6.54. The molecular formula is C17H13BrFN3O2. The maximum Gasteiger partial charge on any atom is 0.251 e. The van der Waals surface area contributed by atoms with Crippen molar-refractivity contribution in [2.45, 2.75) is 6.42 Å². The van der Waals surface area contributed by atoms with Gasteiger partial charge in [0.1, 0.15) is 5.82 Å². The Morgan fingerprint density at radius 2 is 2.04 bits per heavy atom. The minimum atomic E-state index is -0.409. The monoisotopic (exact) mass is 389 g/mol. The van der Waals surface area contributed by atoms with Crippen LogP contribution in [0.5, 0.6) is 0 Å². The van der Waals surface area contributed by atoms with E-state index >= 15 is 0 Å². The highest BCUT2D eigenvalue weighted by atomic mass is 79.9. The molecule has 24 heavy (non-hydrogen) atoms. The lowest BCUT2D eigenvalue weighted by Gasteiger charge is -2.03. The molecule has 7 heteroatoms. The van der Waals surface area contributed by atoms with Gasteiger partial charge in [0.15, 0.2) is 0 Å². The molecule has 0 saturated heterocycles. The van der Waals surface area contributed by atoms with Crippen LogP contribution in [0.1, 0.15) is 16.2 Å². The number of carbonyl (C=O) groups is 1. The summed E-state index contributed by atoms with van der Waals surface area (Å²) in [7, 11) is 0. The van der Waals surface area contributed by atoms with Gasteiger partial charge in [-0.15, -0.1) is 0 Å². The third-order valence-corrected chi connectivity index (χ3v) is 3.79. The lowest BCUT2D eigenvalue weighted by atomic mass is 10.2. The molecule has 0 bridgehead atoms. The van der Waals surface area contributed by atoms with Gasteiger partial charge in [-0.2, -0.15) is 4.98 Å². The number of nitrogens with zero attached hydrogens (tertiary/aromatic N) is 2. The van der Waals surface area contributed by atoms with Crippen LogP contribution in [0.2, 0.25) is 0 Å². The molecule has 2 aromatic carbocycles. The van der Waals surface area contributed by atoms with Crippen molar-refractivity contribution in [3.63, 3.8) is 0 Å². The van der Waals surface area contributed by atoms with Crippen LogP contribution in [-0.4, -0.2) is 22.6 Å². The number of hydrogen-bond donors (Lipinski definition) is 1. The zero-order chi connectivity index (χ0) is 16.9. The zero-order valence-electron chi connectivity index (χ0n) is 12.5. The first-order chi connectivity index (χ1) is 11.6. The molecule has 1 amide bonds. The Kier molecular flexibility index (Phi) is 5.00. The number of rotatable bonds is 5. The molecule has 0 saturated carbocycles. The fraction of sp³-hybridized carbons (Fsp3) is 0.118. The molecule has 122 valence electrons. The van der Waals surface area contributed by atoms with Crippen molar-refractivity contribution in [1.82, 2.24) is 15.5 Å². The van der Waals surface area contributed by atoms with Crippen LogP contribution >= 0.6 is 15.9 Å². The summed E-state index contributed by atoms with van der Waals surface area (Å²) in [6.07, 6.45) is 0.362. The van der Waals surface area contributed by atoms with E-state index in [4.69, 9.17) is 4.52 Å². The maximum atomic E-state index is 13.7. The average Bonchev–Trinajstić information content (AvgIpc) is 3.04. The quantitative estimate of drug-likeness (QED) is 0.723. The van der Waals surface area contributed by atoms with Gasteiger partial charge in [-0.3, -0.25) is 4.79 Å². The molecule has 1 heterocycles. The second kappa shape index (κ2) is 7.35. The number of hydrogen-bond acceptors (Lipinski definition) is 4. The molecule has 5 nitrogen and oxygen atoms in total. The lowest BCUT2D eigenvalue weighted by molar-refractivity contribution is 0.0953. The average molecular weight is 390 g/mol. The number of carbonyl (C=O) groups excluding carboxylic acids is 1. The van der Waals surface area contributed by atoms with Gasteiger partial charge in [0.05, 0.1) is 5.56 Å². The van der Waals surface area contributed by atoms with Crippen LogP contribution < -0.4 is 5.32 Å². The summed E-state index contributed by atoms with van der Waals surface area (Å²) in [5.74, 6) is -0.0674. The Morgan fingerprint density at radius 3 is 2.83 bits per heavy atom. The van der Waals surface area contributed by atoms with Gasteiger partial charge < -0.3 is 9.84 Å². The van der Waals surface area contributed by atoms with Crippen molar-refractivity contribution < 1.29 is 13.7 Å². The fourth-order valence-corrected chi connectivity index (χ4v) is 2.52. The van der Waals surface area contributed by atoms with E-state index in [1.807, 2.05) is 6.07 Å². The molecule has 0 aliphatic carbocycles. The number of amides is 1. The summed E-state index contributed by atoms with van der Waals surface area (Å²) >= 11 is 3.32. The minimum absolute atomic E-state index is 0.190. The van der Waals surface area contributed by atoms with Crippen LogP contribution in [-0.2, 0) is 6.42 Å². The van der Waals surface area contributed by atoms with E-state index in [-0.39, 0.29) is 17.3 Å². The van der Waals surface area contributed by atoms with Gasteiger partial charge in [-0.05, 0) is 30.3 Å². The maximum absolute atomic E-state index is 13.7. The molecule has 1 N–H and O–H groups in total. The predicted molar refractivity (Wildman–Crippen MR) is 89.9 cm³/mol. The molecule has 0 aliphatic heterocycles. The Morgan fingerprint density at radius 1 is 1.21 bits per heavy atom. The Balaban J connectivity index is 1.58. The van der Waals surface area contributed by atoms with Crippen molar-refractivity contribution >= 4 is 21.8 Å². The van der Waals surface area contributed by atoms with E-state index in [2.05, 4.69) is 31.4 Å². The molecule has 0 atom stereocenters. The molecule has 3 aromatic rings.